The number of para-hydroxylation sites is 1. The molecule has 0 bridgehead atoms. The van der Waals surface area contributed by atoms with Gasteiger partial charge in [0.15, 0.2) is 5.82 Å². The van der Waals surface area contributed by atoms with Crippen LogP contribution in [-0.2, 0) is 6.54 Å². The van der Waals surface area contributed by atoms with Gasteiger partial charge in [-0.1, -0.05) is 23.4 Å². The summed E-state index contributed by atoms with van der Waals surface area (Å²) in [5, 5.41) is 18.9. The third kappa shape index (κ3) is 3.39. The van der Waals surface area contributed by atoms with Gasteiger partial charge < -0.3 is 10.6 Å². The normalized spacial score (nSPS) is 10.2. The van der Waals surface area contributed by atoms with Gasteiger partial charge in [0.2, 0.25) is 5.95 Å². The van der Waals surface area contributed by atoms with E-state index in [1.54, 1.807) is 0 Å². The van der Waals surface area contributed by atoms with E-state index in [1.807, 2.05) is 30.3 Å². The standard InChI is InChI=1S/C13H12N8O/c22-12(14-8-11-18-20-21-19-11)9-6-15-13(16-7-9)17-10-4-2-1-3-5-10/h1-7H,8H2,(H,14,22)(H,15,16,17)(H,18,19,20,21). The molecule has 110 valence electrons. The minimum atomic E-state index is -0.309. The minimum Gasteiger partial charge on any atom is -0.344 e. The van der Waals surface area contributed by atoms with Crippen LogP contribution in [0, 0.1) is 0 Å². The van der Waals surface area contributed by atoms with Crippen LogP contribution in [0.3, 0.4) is 0 Å². The summed E-state index contributed by atoms with van der Waals surface area (Å²) in [6.45, 7) is 0.180. The first kappa shape index (κ1) is 13.6. The van der Waals surface area contributed by atoms with Crippen LogP contribution in [0.25, 0.3) is 0 Å². The maximum absolute atomic E-state index is 11.9. The number of H-pyrrole nitrogens is 1. The molecule has 0 aliphatic carbocycles. The van der Waals surface area contributed by atoms with Gasteiger partial charge in [0.05, 0.1) is 12.1 Å². The molecule has 0 saturated heterocycles. The summed E-state index contributed by atoms with van der Waals surface area (Å²) in [5.74, 6) is 0.508. The number of aromatic nitrogens is 6. The van der Waals surface area contributed by atoms with E-state index < -0.39 is 0 Å². The zero-order chi connectivity index (χ0) is 15.2. The van der Waals surface area contributed by atoms with Crippen LogP contribution in [0.5, 0.6) is 0 Å². The lowest BCUT2D eigenvalue weighted by Gasteiger charge is -2.05. The number of amides is 1. The fourth-order valence-electron chi connectivity index (χ4n) is 1.68. The molecular weight excluding hydrogens is 284 g/mol. The van der Waals surface area contributed by atoms with E-state index in [0.717, 1.165) is 5.69 Å². The van der Waals surface area contributed by atoms with Crippen molar-refractivity contribution in [3.8, 4) is 0 Å². The molecule has 22 heavy (non-hydrogen) atoms. The molecule has 9 heteroatoms. The lowest BCUT2D eigenvalue weighted by atomic mass is 10.3. The van der Waals surface area contributed by atoms with Crippen LogP contribution in [0.2, 0.25) is 0 Å². The summed E-state index contributed by atoms with van der Waals surface area (Å²) in [7, 11) is 0. The molecule has 1 amide bonds. The Hall–Kier alpha value is -3.36. The molecule has 2 heterocycles. The number of nitrogens with zero attached hydrogens (tertiary/aromatic N) is 5. The summed E-state index contributed by atoms with van der Waals surface area (Å²) >= 11 is 0. The van der Waals surface area contributed by atoms with Crippen LogP contribution >= 0.6 is 0 Å². The quantitative estimate of drug-likeness (QED) is 0.632. The first-order valence-corrected chi connectivity index (χ1v) is 6.46. The van der Waals surface area contributed by atoms with Crippen LogP contribution in [0.4, 0.5) is 11.6 Å². The highest BCUT2D eigenvalue weighted by Crippen LogP contribution is 2.11. The van der Waals surface area contributed by atoms with E-state index >= 15 is 0 Å². The van der Waals surface area contributed by atoms with Crippen molar-refractivity contribution >= 4 is 17.5 Å². The second-order valence-corrected chi connectivity index (χ2v) is 4.30. The van der Waals surface area contributed by atoms with Crippen LogP contribution in [0.1, 0.15) is 16.2 Å². The van der Waals surface area contributed by atoms with Gasteiger partial charge in [-0.15, -0.1) is 10.2 Å². The van der Waals surface area contributed by atoms with Gasteiger partial charge in [0.1, 0.15) is 0 Å². The molecule has 0 unspecified atom stereocenters. The van der Waals surface area contributed by atoms with Crippen molar-refractivity contribution in [2.75, 3.05) is 5.32 Å². The Morgan fingerprint density at radius 1 is 1.14 bits per heavy atom. The molecule has 2 aromatic heterocycles. The second kappa shape index (κ2) is 6.39. The number of hydrogen-bond acceptors (Lipinski definition) is 7. The third-order valence-corrected chi connectivity index (χ3v) is 2.74. The zero-order valence-corrected chi connectivity index (χ0v) is 11.4. The average molecular weight is 296 g/mol. The molecule has 0 radical (unpaired) electrons. The maximum Gasteiger partial charge on any atom is 0.254 e. The lowest BCUT2D eigenvalue weighted by Crippen LogP contribution is -2.23. The van der Waals surface area contributed by atoms with Gasteiger partial charge in [-0.2, -0.15) is 5.21 Å². The van der Waals surface area contributed by atoms with Crippen molar-refractivity contribution in [3.05, 3.63) is 54.1 Å². The smallest absolute Gasteiger partial charge is 0.254 e. The van der Waals surface area contributed by atoms with Gasteiger partial charge in [0, 0.05) is 18.1 Å². The molecule has 3 rings (SSSR count). The maximum atomic E-state index is 11.9. The molecule has 3 aromatic rings. The molecule has 1 aromatic carbocycles. The van der Waals surface area contributed by atoms with Gasteiger partial charge in [-0.25, -0.2) is 9.97 Å². The second-order valence-electron chi connectivity index (χ2n) is 4.30. The third-order valence-electron chi connectivity index (χ3n) is 2.74. The Kier molecular flexibility index (Phi) is 3.96. The first-order chi connectivity index (χ1) is 10.8. The number of carbonyl (C=O) groups excluding carboxylic acids is 1. The number of carbonyl (C=O) groups is 1. The van der Waals surface area contributed by atoms with E-state index in [-0.39, 0.29) is 12.5 Å². The number of nitrogens with one attached hydrogen (secondary N) is 3. The number of tetrazole rings is 1. The lowest BCUT2D eigenvalue weighted by molar-refractivity contribution is 0.0949. The number of aromatic amines is 1. The van der Waals surface area contributed by atoms with Crippen molar-refractivity contribution in [1.82, 2.24) is 35.9 Å². The summed E-state index contributed by atoms with van der Waals surface area (Å²) in [4.78, 5) is 20.1. The Labute approximate surface area is 125 Å². The highest BCUT2D eigenvalue weighted by molar-refractivity contribution is 5.93. The predicted octanol–water partition coefficient (Wildman–Crippen LogP) is 0.663. The molecule has 0 spiro atoms. The molecular formula is C13H12N8O. The fourth-order valence-corrected chi connectivity index (χ4v) is 1.68. The monoisotopic (exact) mass is 296 g/mol. The number of hydrogen-bond donors (Lipinski definition) is 3. The molecule has 0 aliphatic heterocycles. The molecule has 0 fully saturated rings. The Morgan fingerprint density at radius 3 is 2.59 bits per heavy atom. The minimum absolute atomic E-state index is 0.180. The van der Waals surface area contributed by atoms with Gasteiger partial charge >= 0.3 is 0 Å². The van der Waals surface area contributed by atoms with Crippen LogP contribution in [-0.4, -0.2) is 36.5 Å². The number of benzene rings is 1. The molecule has 0 atom stereocenters. The van der Waals surface area contributed by atoms with Crippen molar-refractivity contribution in [3.63, 3.8) is 0 Å². The van der Waals surface area contributed by atoms with Gasteiger partial charge in [-0.3, -0.25) is 4.79 Å². The van der Waals surface area contributed by atoms with Crippen molar-refractivity contribution in [2.24, 2.45) is 0 Å². The first-order valence-electron chi connectivity index (χ1n) is 6.46. The van der Waals surface area contributed by atoms with E-state index in [2.05, 4.69) is 41.2 Å². The largest absolute Gasteiger partial charge is 0.344 e. The molecule has 0 saturated carbocycles. The van der Waals surface area contributed by atoms with E-state index in [4.69, 9.17) is 0 Å². The Bertz CT molecular complexity index is 727. The molecule has 0 aliphatic rings. The van der Waals surface area contributed by atoms with Crippen LogP contribution < -0.4 is 10.6 Å². The fraction of sp³-hybridized carbons (Fsp3) is 0.0769. The molecule has 9 nitrogen and oxygen atoms in total. The van der Waals surface area contributed by atoms with Crippen molar-refractivity contribution in [2.45, 2.75) is 6.54 Å². The van der Waals surface area contributed by atoms with Gasteiger partial charge in [0.25, 0.3) is 5.91 Å². The van der Waals surface area contributed by atoms with Crippen molar-refractivity contribution in [1.29, 1.82) is 0 Å². The number of anilines is 2. The summed E-state index contributed by atoms with van der Waals surface area (Å²) in [6.07, 6.45) is 2.90. The van der Waals surface area contributed by atoms with Gasteiger partial charge in [-0.05, 0) is 12.1 Å². The van der Waals surface area contributed by atoms with E-state index in [1.165, 1.54) is 12.4 Å². The van der Waals surface area contributed by atoms with Crippen molar-refractivity contribution < 1.29 is 4.79 Å². The summed E-state index contributed by atoms with van der Waals surface area (Å²) in [6, 6.07) is 9.52. The highest BCUT2D eigenvalue weighted by Gasteiger charge is 2.08. The summed E-state index contributed by atoms with van der Waals surface area (Å²) in [5.41, 5.74) is 1.22. The zero-order valence-electron chi connectivity index (χ0n) is 11.4. The Morgan fingerprint density at radius 2 is 1.91 bits per heavy atom. The highest BCUT2D eigenvalue weighted by atomic mass is 16.1. The predicted molar refractivity (Wildman–Crippen MR) is 77.1 cm³/mol. The van der Waals surface area contributed by atoms with E-state index in [0.29, 0.717) is 17.3 Å². The Balaban J connectivity index is 1.60. The SMILES string of the molecule is O=C(NCc1nn[nH]n1)c1cnc(Nc2ccccc2)nc1. The van der Waals surface area contributed by atoms with E-state index in [9.17, 15) is 4.79 Å². The molecule has 3 N–H and O–H groups in total. The van der Waals surface area contributed by atoms with Crippen LogP contribution in [0.15, 0.2) is 42.7 Å². The summed E-state index contributed by atoms with van der Waals surface area (Å²) < 4.78 is 0. The average Bonchev–Trinajstić information content (AvgIpc) is 3.08. The topological polar surface area (TPSA) is 121 Å². The number of rotatable bonds is 5.